The first-order chi connectivity index (χ1) is 7.61. The summed E-state index contributed by atoms with van der Waals surface area (Å²) in [5.74, 6) is 0.639. The van der Waals surface area contributed by atoms with E-state index in [9.17, 15) is 0 Å². The zero-order chi connectivity index (χ0) is 12.4. The maximum absolute atomic E-state index is 5.81. The molecule has 0 aliphatic carbocycles. The van der Waals surface area contributed by atoms with Crippen LogP contribution in [0.15, 0.2) is 11.6 Å². The zero-order valence-corrected chi connectivity index (χ0v) is 12.1. The second-order valence-corrected chi connectivity index (χ2v) is 4.77. The number of halogens is 1. The lowest BCUT2D eigenvalue weighted by molar-refractivity contribution is -0.0348. The van der Waals surface area contributed by atoms with Gasteiger partial charge in [0, 0.05) is 12.5 Å². The van der Waals surface area contributed by atoms with Crippen LogP contribution in [0.1, 0.15) is 59.8 Å². The minimum absolute atomic E-state index is 0.0641. The van der Waals surface area contributed by atoms with Crippen molar-refractivity contribution in [1.29, 1.82) is 0 Å². The number of rotatable bonds is 9. The van der Waals surface area contributed by atoms with Gasteiger partial charge in [0.1, 0.15) is 0 Å². The van der Waals surface area contributed by atoms with Gasteiger partial charge in [0.05, 0.1) is 5.60 Å². The van der Waals surface area contributed by atoms with Gasteiger partial charge in [0.15, 0.2) is 0 Å². The Morgan fingerprint density at radius 2 is 2.00 bits per heavy atom. The van der Waals surface area contributed by atoms with Gasteiger partial charge in [-0.1, -0.05) is 25.5 Å². The first-order valence-corrected chi connectivity index (χ1v) is 7.03. The number of hydrogen-bond acceptors (Lipinski definition) is 1. The van der Waals surface area contributed by atoms with E-state index in [1.165, 1.54) is 12.0 Å². The third-order valence-electron chi connectivity index (χ3n) is 3.26. The fourth-order valence-electron chi connectivity index (χ4n) is 1.92. The fraction of sp³-hybridized carbons (Fsp3) is 0.857. The summed E-state index contributed by atoms with van der Waals surface area (Å²) < 4.78 is 5.81. The average Bonchev–Trinajstić information content (AvgIpc) is 2.28. The van der Waals surface area contributed by atoms with E-state index in [2.05, 4.69) is 33.8 Å². The van der Waals surface area contributed by atoms with Crippen molar-refractivity contribution in [2.45, 2.75) is 65.4 Å². The van der Waals surface area contributed by atoms with Crippen LogP contribution >= 0.6 is 11.6 Å². The van der Waals surface area contributed by atoms with E-state index in [-0.39, 0.29) is 5.60 Å². The van der Waals surface area contributed by atoms with Gasteiger partial charge in [0.25, 0.3) is 0 Å². The molecule has 0 amide bonds. The van der Waals surface area contributed by atoms with E-state index < -0.39 is 0 Å². The molecule has 1 nitrogen and oxygen atoms in total. The molecule has 1 atom stereocenters. The Balaban J connectivity index is 3.98. The van der Waals surface area contributed by atoms with Crippen LogP contribution in [0.5, 0.6) is 0 Å². The SMILES string of the molecule is CCOC(C)(CC)CCCC(=CCCl)CC. The molecule has 0 radical (unpaired) electrons. The van der Waals surface area contributed by atoms with Gasteiger partial charge < -0.3 is 4.74 Å². The van der Waals surface area contributed by atoms with Gasteiger partial charge >= 0.3 is 0 Å². The second kappa shape index (κ2) is 9.07. The molecule has 0 rings (SSSR count). The maximum atomic E-state index is 5.81. The molecule has 2 heteroatoms. The smallest absolute Gasteiger partial charge is 0.0651 e. The van der Waals surface area contributed by atoms with Crippen LogP contribution in [0.4, 0.5) is 0 Å². The lowest BCUT2D eigenvalue weighted by Crippen LogP contribution is -2.27. The molecule has 0 N–H and O–H groups in total. The van der Waals surface area contributed by atoms with E-state index in [0.717, 1.165) is 32.3 Å². The largest absolute Gasteiger partial charge is 0.376 e. The molecule has 0 aromatic heterocycles. The lowest BCUT2D eigenvalue weighted by atomic mass is 9.93. The standard InChI is InChI=1S/C14H27ClO/c1-5-13(10-12-15)9-8-11-14(4,6-2)16-7-3/h10H,5-9,11-12H2,1-4H3. The van der Waals surface area contributed by atoms with Crippen molar-refractivity contribution < 1.29 is 4.74 Å². The topological polar surface area (TPSA) is 9.23 Å². The summed E-state index contributed by atoms with van der Waals surface area (Å²) in [5.41, 5.74) is 1.54. The van der Waals surface area contributed by atoms with Crippen molar-refractivity contribution in [3.05, 3.63) is 11.6 Å². The normalized spacial score (nSPS) is 16.2. The van der Waals surface area contributed by atoms with E-state index in [1.807, 2.05) is 0 Å². The van der Waals surface area contributed by atoms with Gasteiger partial charge in [0.2, 0.25) is 0 Å². The summed E-state index contributed by atoms with van der Waals surface area (Å²) in [6.07, 6.45) is 7.83. The van der Waals surface area contributed by atoms with Crippen molar-refractivity contribution in [2.24, 2.45) is 0 Å². The summed E-state index contributed by atoms with van der Waals surface area (Å²) >= 11 is 5.72. The number of allylic oxidation sites excluding steroid dienone is 2. The Bertz CT molecular complexity index is 201. The molecule has 0 saturated heterocycles. The van der Waals surface area contributed by atoms with E-state index in [0.29, 0.717) is 5.88 Å². The molecular formula is C14H27ClO. The average molecular weight is 247 g/mol. The molecule has 0 aromatic carbocycles. The summed E-state index contributed by atoms with van der Waals surface area (Å²) in [6.45, 7) is 9.49. The Kier molecular flexibility index (Phi) is 9.06. The van der Waals surface area contributed by atoms with E-state index >= 15 is 0 Å². The predicted molar refractivity (Wildman–Crippen MR) is 73.3 cm³/mol. The highest BCUT2D eigenvalue weighted by Crippen LogP contribution is 2.24. The van der Waals surface area contributed by atoms with Crippen LogP contribution < -0.4 is 0 Å². The number of alkyl halides is 1. The Labute approximate surface area is 106 Å². The molecule has 96 valence electrons. The van der Waals surface area contributed by atoms with Gasteiger partial charge in [-0.15, -0.1) is 11.6 Å². The Morgan fingerprint density at radius 1 is 1.31 bits per heavy atom. The van der Waals surface area contributed by atoms with Crippen LogP contribution in [-0.4, -0.2) is 18.1 Å². The van der Waals surface area contributed by atoms with Crippen LogP contribution in [0.3, 0.4) is 0 Å². The first kappa shape index (κ1) is 16.0. The molecule has 16 heavy (non-hydrogen) atoms. The summed E-state index contributed by atoms with van der Waals surface area (Å²) in [5, 5.41) is 0. The van der Waals surface area contributed by atoms with Crippen molar-refractivity contribution in [3.63, 3.8) is 0 Å². The van der Waals surface area contributed by atoms with E-state index in [1.54, 1.807) is 0 Å². The van der Waals surface area contributed by atoms with Gasteiger partial charge in [-0.2, -0.15) is 0 Å². The molecule has 0 bridgehead atoms. The molecule has 0 saturated carbocycles. The highest BCUT2D eigenvalue weighted by molar-refractivity contribution is 6.18. The molecule has 0 aromatic rings. The molecule has 0 spiro atoms. The number of ether oxygens (including phenoxy) is 1. The Morgan fingerprint density at radius 3 is 2.44 bits per heavy atom. The summed E-state index contributed by atoms with van der Waals surface area (Å²) in [4.78, 5) is 0. The highest BCUT2D eigenvalue weighted by atomic mass is 35.5. The zero-order valence-electron chi connectivity index (χ0n) is 11.3. The van der Waals surface area contributed by atoms with Crippen LogP contribution in [0.2, 0.25) is 0 Å². The molecule has 0 aliphatic rings. The molecule has 0 aliphatic heterocycles. The van der Waals surface area contributed by atoms with Crippen LogP contribution in [0.25, 0.3) is 0 Å². The third-order valence-corrected chi connectivity index (χ3v) is 3.42. The second-order valence-electron chi connectivity index (χ2n) is 4.46. The molecule has 1 unspecified atom stereocenters. The minimum atomic E-state index is 0.0641. The van der Waals surface area contributed by atoms with Gasteiger partial charge in [-0.3, -0.25) is 0 Å². The van der Waals surface area contributed by atoms with Gasteiger partial charge in [-0.05, 0) is 46.0 Å². The van der Waals surface area contributed by atoms with Gasteiger partial charge in [-0.25, -0.2) is 0 Å². The first-order valence-electron chi connectivity index (χ1n) is 6.49. The quantitative estimate of drug-likeness (QED) is 0.414. The Hall–Kier alpha value is -0.0100. The monoisotopic (exact) mass is 246 g/mol. The predicted octanol–water partition coefficient (Wildman–Crippen LogP) is 4.94. The van der Waals surface area contributed by atoms with Crippen molar-refractivity contribution in [1.82, 2.24) is 0 Å². The number of hydrogen-bond donors (Lipinski definition) is 0. The molecule has 0 heterocycles. The summed E-state index contributed by atoms with van der Waals surface area (Å²) in [7, 11) is 0. The molecular weight excluding hydrogens is 220 g/mol. The van der Waals surface area contributed by atoms with E-state index in [4.69, 9.17) is 16.3 Å². The third kappa shape index (κ3) is 6.55. The van der Waals surface area contributed by atoms with Crippen LogP contribution in [-0.2, 0) is 4.74 Å². The lowest BCUT2D eigenvalue weighted by Gasteiger charge is -2.28. The minimum Gasteiger partial charge on any atom is -0.376 e. The summed E-state index contributed by atoms with van der Waals surface area (Å²) in [6, 6.07) is 0. The van der Waals surface area contributed by atoms with Crippen molar-refractivity contribution in [3.8, 4) is 0 Å². The van der Waals surface area contributed by atoms with Crippen molar-refractivity contribution >= 4 is 11.6 Å². The molecule has 0 fully saturated rings. The van der Waals surface area contributed by atoms with Crippen LogP contribution in [0, 0.1) is 0 Å². The highest BCUT2D eigenvalue weighted by Gasteiger charge is 2.21. The maximum Gasteiger partial charge on any atom is 0.0651 e. The van der Waals surface area contributed by atoms with Crippen molar-refractivity contribution in [2.75, 3.05) is 12.5 Å². The fourth-order valence-corrected chi connectivity index (χ4v) is 2.14.